The predicted octanol–water partition coefficient (Wildman–Crippen LogP) is 2.87. The van der Waals surface area contributed by atoms with Crippen molar-refractivity contribution in [3.8, 4) is 0 Å². The van der Waals surface area contributed by atoms with Gasteiger partial charge in [-0.15, -0.1) is 0 Å². The van der Waals surface area contributed by atoms with Crippen LogP contribution in [0.2, 0.25) is 0 Å². The Morgan fingerprint density at radius 2 is 1.71 bits per heavy atom. The van der Waals surface area contributed by atoms with Crippen LogP contribution in [0.25, 0.3) is 0 Å². The van der Waals surface area contributed by atoms with Crippen LogP contribution in [0.4, 0.5) is 0 Å². The fourth-order valence-electron chi connectivity index (χ4n) is 3.76. The molecule has 1 saturated heterocycles. The van der Waals surface area contributed by atoms with E-state index in [2.05, 4.69) is 0 Å². The number of benzene rings is 1. The Balaban J connectivity index is 1.64. The molecular formula is C19H25NO4. The zero-order valence-electron chi connectivity index (χ0n) is 14.1. The van der Waals surface area contributed by atoms with Crippen molar-refractivity contribution in [2.45, 2.75) is 44.8 Å². The predicted molar refractivity (Wildman–Crippen MR) is 89.4 cm³/mol. The molecule has 1 aliphatic heterocycles. The number of rotatable bonds is 3. The van der Waals surface area contributed by atoms with E-state index in [-0.39, 0.29) is 29.9 Å². The summed E-state index contributed by atoms with van der Waals surface area (Å²) in [6.07, 6.45) is 2.48. The largest absolute Gasteiger partial charge is 0.481 e. The van der Waals surface area contributed by atoms with E-state index in [0.717, 1.165) is 5.56 Å². The number of hydrogen-bond acceptors (Lipinski definition) is 3. The molecule has 1 aromatic rings. The van der Waals surface area contributed by atoms with E-state index >= 15 is 0 Å². The molecule has 1 N–H and O–H groups in total. The molecule has 3 rings (SSSR count). The molecule has 1 saturated carbocycles. The maximum Gasteiger partial charge on any atom is 0.306 e. The van der Waals surface area contributed by atoms with Crippen LogP contribution in [0, 0.1) is 11.8 Å². The molecule has 1 amide bonds. The van der Waals surface area contributed by atoms with Crippen LogP contribution in [0.5, 0.6) is 0 Å². The summed E-state index contributed by atoms with van der Waals surface area (Å²) in [7, 11) is 0. The van der Waals surface area contributed by atoms with Gasteiger partial charge in [-0.05, 0) is 38.2 Å². The molecule has 1 aliphatic carbocycles. The molecule has 1 aromatic carbocycles. The van der Waals surface area contributed by atoms with Crippen LogP contribution in [-0.4, -0.2) is 41.1 Å². The van der Waals surface area contributed by atoms with Gasteiger partial charge >= 0.3 is 5.97 Å². The van der Waals surface area contributed by atoms with Gasteiger partial charge in [0.15, 0.2) is 0 Å². The molecule has 0 bridgehead atoms. The third kappa shape index (κ3) is 3.61. The lowest BCUT2D eigenvalue weighted by Gasteiger charge is -2.40. The van der Waals surface area contributed by atoms with Crippen molar-refractivity contribution in [2.75, 3.05) is 13.2 Å². The van der Waals surface area contributed by atoms with Gasteiger partial charge in [0.25, 0.3) is 0 Å². The molecule has 2 fully saturated rings. The highest BCUT2D eigenvalue weighted by molar-refractivity contribution is 5.80. The van der Waals surface area contributed by atoms with Crippen LogP contribution in [-0.2, 0) is 14.3 Å². The Labute approximate surface area is 142 Å². The summed E-state index contributed by atoms with van der Waals surface area (Å²) in [6, 6.07) is 10.1. The zero-order valence-corrected chi connectivity index (χ0v) is 14.1. The van der Waals surface area contributed by atoms with E-state index in [1.54, 1.807) is 0 Å². The SMILES string of the molecule is CC1COC(c2ccccc2)CN1C(=O)C1CCC(C(=O)O)CC1. The standard InChI is InChI=1S/C19H25NO4/c1-13-12-24-17(14-5-3-2-4-6-14)11-20(13)18(21)15-7-9-16(10-8-15)19(22)23/h2-6,13,15-17H,7-12H2,1H3,(H,22,23). The van der Waals surface area contributed by atoms with Crippen molar-refractivity contribution >= 4 is 11.9 Å². The van der Waals surface area contributed by atoms with E-state index < -0.39 is 5.97 Å². The minimum absolute atomic E-state index is 0.0439. The van der Waals surface area contributed by atoms with Gasteiger partial charge in [0.05, 0.1) is 25.1 Å². The van der Waals surface area contributed by atoms with Crippen LogP contribution < -0.4 is 0 Å². The first-order chi connectivity index (χ1) is 11.6. The normalized spacial score (nSPS) is 30.8. The molecule has 1 heterocycles. The van der Waals surface area contributed by atoms with Gasteiger partial charge in [0, 0.05) is 5.92 Å². The molecule has 5 nitrogen and oxygen atoms in total. The summed E-state index contributed by atoms with van der Waals surface area (Å²) in [5, 5.41) is 9.10. The highest BCUT2D eigenvalue weighted by Gasteiger charge is 2.36. The summed E-state index contributed by atoms with van der Waals surface area (Å²) in [6.45, 7) is 3.13. The smallest absolute Gasteiger partial charge is 0.306 e. The summed E-state index contributed by atoms with van der Waals surface area (Å²) in [5.41, 5.74) is 1.09. The summed E-state index contributed by atoms with van der Waals surface area (Å²) >= 11 is 0. The number of carboxylic acid groups (broad SMARTS) is 1. The van der Waals surface area contributed by atoms with Crippen LogP contribution in [0.15, 0.2) is 30.3 Å². The van der Waals surface area contributed by atoms with Crippen LogP contribution in [0.3, 0.4) is 0 Å². The van der Waals surface area contributed by atoms with Crippen molar-refractivity contribution in [1.82, 2.24) is 4.90 Å². The topological polar surface area (TPSA) is 66.8 Å². The average Bonchev–Trinajstić information content (AvgIpc) is 2.62. The van der Waals surface area contributed by atoms with Crippen molar-refractivity contribution in [3.05, 3.63) is 35.9 Å². The van der Waals surface area contributed by atoms with E-state index in [9.17, 15) is 9.59 Å². The fourth-order valence-corrected chi connectivity index (χ4v) is 3.76. The van der Waals surface area contributed by atoms with Crippen molar-refractivity contribution < 1.29 is 19.4 Å². The fraction of sp³-hybridized carbons (Fsp3) is 0.579. The number of hydrogen-bond donors (Lipinski definition) is 1. The summed E-state index contributed by atoms with van der Waals surface area (Å²) < 4.78 is 5.92. The number of amides is 1. The Bertz CT molecular complexity index is 580. The lowest BCUT2D eigenvalue weighted by molar-refractivity contribution is -0.152. The zero-order chi connectivity index (χ0) is 17.1. The van der Waals surface area contributed by atoms with Gasteiger partial charge in [-0.3, -0.25) is 9.59 Å². The van der Waals surface area contributed by atoms with Gasteiger partial charge < -0.3 is 14.7 Å². The Morgan fingerprint density at radius 3 is 2.33 bits per heavy atom. The number of carboxylic acids is 1. The number of aliphatic carboxylic acids is 1. The van der Waals surface area contributed by atoms with Crippen molar-refractivity contribution in [2.24, 2.45) is 11.8 Å². The minimum Gasteiger partial charge on any atom is -0.481 e. The first-order valence-electron chi connectivity index (χ1n) is 8.76. The molecular weight excluding hydrogens is 306 g/mol. The van der Waals surface area contributed by atoms with Gasteiger partial charge in [0.1, 0.15) is 6.10 Å². The number of ether oxygens (including phenoxy) is 1. The van der Waals surface area contributed by atoms with E-state index in [1.807, 2.05) is 42.2 Å². The Kier molecular flexibility index (Phi) is 5.19. The number of carbonyl (C=O) groups is 2. The first-order valence-corrected chi connectivity index (χ1v) is 8.76. The third-order valence-corrected chi connectivity index (χ3v) is 5.31. The van der Waals surface area contributed by atoms with Gasteiger partial charge in [0.2, 0.25) is 5.91 Å². The average molecular weight is 331 g/mol. The number of carbonyl (C=O) groups excluding carboxylic acids is 1. The van der Waals surface area contributed by atoms with Gasteiger partial charge in [-0.2, -0.15) is 0 Å². The molecule has 24 heavy (non-hydrogen) atoms. The lowest BCUT2D eigenvalue weighted by Crippen LogP contribution is -2.50. The second kappa shape index (κ2) is 7.34. The third-order valence-electron chi connectivity index (χ3n) is 5.31. The number of nitrogens with zero attached hydrogens (tertiary/aromatic N) is 1. The van der Waals surface area contributed by atoms with Gasteiger partial charge in [-0.1, -0.05) is 30.3 Å². The molecule has 0 spiro atoms. The molecule has 0 radical (unpaired) electrons. The molecule has 2 aliphatic rings. The molecule has 0 aromatic heterocycles. The monoisotopic (exact) mass is 331 g/mol. The van der Waals surface area contributed by atoms with E-state index in [0.29, 0.717) is 38.8 Å². The van der Waals surface area contributed by atoms with Gasteiger partial charge in [-0.25, -0.2) is 0 Å². The molecule has 5 heteroatoms. The minimum atomic E-state index is -0.732. The van der Waals surface area contributed by atoms with E-state index in [4.69, 9.17) is 9.84 Å². The second-order valence-electron chi connectivity index (χ2n) is 6.96. The van der Waals surface area contributed by atoms with Crippen LogP contribution >= 0.6 is 0 Å². The summed E-state index contributed by atoms with van der Waals surface area (Å²) in [5.74, 6) is -0.897. The Morgan fingerprint density at radius 1 is 1.08 bits per heavy atom. The summed E-state index contributed by atoms with van der Waals surface area (Å²) in [4.78, 5) is 25.9. The maximum atomic E-state index is 12.9. The van der Waals surface area contributed by atoms with Crippen LogP contribution in [0.1, 0.15) is 44.3 Å². The lowest BCUT2D eigenvalue weighted by atomic mass is 9.81. The Hall–Kier alpha value is -1.88. The molecule has 130 valence electrons. The highest BCUT2D eigenvalue weighted by Crippen LogP contribution is 2.33. The first kappa shape index (κ1) is 17.0. The van der Waals surface area contributed by atoms with E-state index in [1.165, 1.54) is 0 Å². The molecule has 2 unspecified atom stereocenters. The second-order valence-corrected chi connectivity index (χ2v) is 6.96. The highest BCUT2D eigenvalue weighted by atomic mass is 16.5. The van der Waals surface area contributed by atoms with Crippen molar-refractivity contribution in [3.63, 3.8) is 0 Å². The maximum absolute atomic E-state index is 12.9. The number of morpholine rings is 1. The van der Waals surface area contributed by atoms with Crippen molar-refractivity contribution in [1.29, 1.82) is 0 Å². The quantitative estimate of drug-likeness (QED) is 0.925. The molecule has 2 atom stereocenters.